The Hall–Kier alpha value is 0.650. The molecule has 0 aromatic heterocycles. The topological polar surface area (TPSA) is 21.3 Å². The van der Waals surface area contributed by atoms with Gasteiger partial charge in [-0.2, -0.15) is 0 Å². The van der Waals surface area contributed by atoms with Gasteiger partial charge in [0.05, 0.1) is 6.10 Å². The average molecular weight is 311 g/mol. The van der Waals surface area contributed by atoms with Crippen molar-refractivity contribution in [3.05, 3.63) is 0 Å². The second kappa shape index (κ2) is 8.92. The summed E-state index contributed by atoms with van der Waals surface area (Å²) in [7, 11) is 0. The smallest absolute Gasteiger partial charge is 0.0588 e. The first kappa shape index (κ1) is 12.7. The van der Waals surface area contributed by atoms with E-state index in [0.29, 0.717) is 6.10 Å². The van der Waals surface area contributed by atoms with Crippen molar-refractivity contribution in [1.29, 1.82) is 0 Å². The first-order valence-electron chi connectivity index (χ1n) is 5.82. The monoisotopic (exact) mass is 311 g/mol. The van der Waals surface area contributed by atoms with Gasteiger partial charge in [0, 0.05) is 6.61 Å². The Morgan fingerprint density at radius 3 is 2.86 bits per heavy atom. The fraction of sp³-hybridized carbons (Fsp3) is 1.00. The summed E-state index contributed by atoms with van der Waals surface area (Å²) in [5, 5.41) is 3.49. The molecule has 14 heavy (non-hydrogen) atoms. The molecule has 1 unspecified atom stereocenters. The maximum atomic E-state index is 5.56. The Morgan fingerprint density at radius 2 is 2.14 bits per heavy atom. The van der Waals surface area contributed by atoms with Crippen LogP contribution in [-0.4, -0.2) is 30.2 Å². The molecule has 0 aromatic rings. The number of rotatable bonds is 8. The van der Waals surface area contributed by atoms with Crippen LogP contribution in [-0.2, 0) is 4.74 Å². The van der Waals surface area contributed by atoms with E-state index in [-0.39, 0.29) is 0 Å². The number of halogens is 1. The zero-order chi connectivity index (χ0) is 10.1. The number of hydrogen-bond donors (Lipinski definition) is 1. The first-order chi connectivity index (χ1) is 6.93. The molecule has 1 saturated heterocycles. The lowest BCUT2D eigenvalue weighted by Crippen LogP contribution is -2.21. The van der Waals surface area contributed by atoms with E-state index in [9.17, 15) is 0 Å². The summed E-state index contributed by atoms with van der Waals surface area (Å²) in [4.78, 5) is 0. The highest BCUT2D eigenvalue weighted by molar-refractivity contribution is 14.1. The highest BCUT2D eigenvalue weighted by atomic mass is 127. The third kappa shape index (κ3) is 6.19. The van der Waals surface area contributed by atoms with Crippen molar-refractivity contribution in [2.24, 2.45) is 0 Å². The Morgan fingerprint density at radius 1 is 1.21 bits per heavy atom. The van der Waals surface area contributed by atoms with Gasteiger partial charge < -0.3 is 10.1 Å². The molecule has 1 aliphatic rings. The van der Waals surface area contributed by atoms with Crippen LogP contribution in [0.1, 0.15) is 38.5 Å². The van der Waals surface area contributed by atoms with Crippen LogP contribution in [0.15, 0.2) is 0 Å². The molecule has 1 heterocycles. The van der Waals surface area contributed by atoms with Gasteiger partial charge in [-0.1, -0.05) is 29.0 Å². The quantitative estimate of drug-likeness (QED) is 0.423. The van der Waals surface area contributed by atoms with E-state index in [4.69, 9.17) is 4.74 Å². The Balaban J connectivity index is 1.75. The lowest BCUT2D eigenvalue weighted by molar-refractivity contribution is 0.104. The molecule has 0 aromatic carbocycles. The van der Waals surface area contributed by atoms with Gasteiger partial charge >= 0.3 is 0 Å². The summed E-state index contributed by atoms with van der Waals surface area (Å²) in [6.07, 6.45) is 8.36. The Labute approximate surface area is 101 Å². The van der Waals surface area contributed by atoms with Crippen LogP contribution in [0, 0.1) is 0 Å². The number of nitrogens with one attached hydrogen (secondary N) is 1. The highest BCUT2D eigenvalue weighted by Gasteiger charge is 2.13. The lowest BCUT2D eigenvalue weighted by atomic mass is 10.2. The van der Waals surface area contributed by atoms with Crippen molar-refractivity contribution in [3.63, 3.8) is 0 Å². The summed E-state index contributed by atoms with van der Waals surface area (Å²) in [5.74, 6) is 0. The molecule has 84 valence electrons. The van der Waals surface area contributed by atoms with E-state index < -0.39 is 0 Å². The maximum Gasteiger partial charge on any atom is 0.0588 e. The standard InChI is InChI=1S/C11H22INO/c12-7-2-1-3-8-13-9-6-11-5-4-10-14-11/h11,13H,1-10H2. The highest BCUT2D eigenvalue weighted by Crippen LogP contribution is 2.14. The van der Waals surface area contributed by atoms with E-state index in [0.717, 1.165) is 13.2 Å². The first-order valence-corrected chi connectivity index (χ1v) is 7.34. The van der Waals surface area contributed by atoms with Crippen LogP contribution >= 0.6 is 22.6 Å². The van der Waals surface area contributed by atoms with Gasteiger partial charge in [-0.05, 0) is 49.6 Å². The molecule has 1 atom stereocenters. The van der Waals surface area contributed by atoms with Crippen LogP contribution in [0.4, 0.5) is 0 Å². The maximum absolute atomic E-state index is 5.56. The van der Waals surface area contributed by atoms with Crippen molar-refractivity contribution in [3.8, 4) is 0 Å². The summed E-state index contributed by atoms with van der Waals surface area (Å²) in [6.45, 7) is 3.30. The lowest BCUT2D eigenvalue weighted by Gasteiger charge is -2.09. The van der Waals surface area contributed by atoms with Gasteiger partial charge in [-0.3, -0.25) is 0 Å². The van der Waals surface area contributed by atoms with E-state index in [1.165, 1.54) is 49.5 Å². The zero-order valence-corrected chi connectivity index (χ0v) is 11.1. The molecular formula is C11H22INO. The molecule has 0 bridgehead atoms. The molecule has 0 saturated carbocycles. The van der Waals surface area contributed by atoms with Crippen molar-refractivity contribution in [2.45, 2.75) is 44.6 Å². The second-order valence-corrected chi connectivity index (χ2v) is 5.00. The van der Waals surface area contributed by atoms with Gasteiger partial charge in [0.25, 0.3) is 0 Å². The second-order valence-electron chi connectivity index (χ2n) is 3.92. The number of unbranched alkanes of at least 4 members (excludes halogenated alkanes) is 2. The third-order valence-electron chi connectivity index (χ3n) is 2.65. The Bertz CT molecular complexity index is 126. The van der Waals surface area contributed by atoms with Crippen molar-refractivity contribution < 1.29 is 4.74 Å². The van der Waals surface area contributed by atoms with Gasteiger partial charge in [-0.25, -0.2) is 0 Å². The normalized spacial score (nSPS) is 21.6. The van der Waals surface area contributed by atoms with E-state index in [1.54, 1.807) is 0 Å². The van der Waals surface area contributed by atoms with Crippen LogP contribution in [0.25, 0.3) is 0 Å². The van der Waals surface area contributed by atoms with Crippen LogP contribution in [0.5, 0.6) is 0 Å². The van der Waals surface area contributed by atoms with Gasteiger partial charge in [0.1, 0.15) is 0 Å². The number of alkyl halides is 1. The molecule has 0 amide bonds. The summed E-state index contributed by atoms with van der Waals surface area (Å²) in [6, 6.07) is 0. The molecule has 3 heteroatoms. The molecule has 1 N–H and O–H groups in total. The number of hydrogen-bond acceptors (Lipinski definition) is 2. The van der Waals surface area contributed by atoms with E-state index >= 15 is 0 Å². The van der Waals surface area contributed by atoms with Crippen LogP contribution in [0.3, 0.4) is 0 Å². The van der Waals surface area contributed by atoms with Gasteiger partial charge in [0.2, 0.25) is 0 Å². The molecule has 0 spiro atoms. The molecule has 1 aliphatic heterocycles. The van der Waals surface area contributed by atoms with Gasteiger partial charge in [0.15, 0.2) is 0 Å². The molecule has 0 aliphatic carbocycles. The summed E-state index contributed by atoms with van der Waals surface area (Å²) in [5.41, 5.74) is 0. The molecular weight excluding hydrogens is 289 g/mol. The van der Waals surface area contributed by atoms with Gasteiger partial charge in [-0.15, -0.1) is 0 Å². The average Bonchev–Trinajstić information content (AvgIpc) is 2.69. The molecule has 2 nitrogen and oxygen atoms in total. The summed E-state index contributed by atoms with van der Waals surface area (Å²) >= 11 is 2.44. The van der Waals surface area contributed by atoms with Crippen molar-refractivity contribution in [2.75, 3.05) is 24.1 Å². The fourth-order valence-electron chi connectivity index (χ4n) is 1.78. The minimum Gasteiger partial charge on any atom is -0.378 e. The molecule has 0 radical (unpaired) electrons. The van der Waals surface area contributed by atoms with Crippen LogP contribution in [0.2, 0.25) is 0 Å². The zero-order valence-electron chi connectivity index (χ0n) is 8.93. The van der Waals surface area contributed by atoms with E-state index in [2.05, 4.69) is 27.9 Å². The van der Waals surface area contributed by atoms with Crippen molar-refractivity contribution in [1.82, 2.24) is 5.32 Å². The molecule has 1 rings (SSSR count). The fourth-order valence-corrected chi connectivity index (χ4v) is 2.32. The minimum absolute atomic E-state index is 0.553. The van der Waals surface area contributed by atoms with E-state index in [1.807, 2.05) is 0 Å². The Kier molecular flexibility index (Phi) is 8.10. The number of ether oxygens (including phenoxy) is 1. The minimum atomic E-state index is 0.553. The predicted molar refractivity (Wildman–Crippen MR) is 69.2 cm³/mol. The largest absolute Gasteiger partial charge is 0.378 e. The van der Waals surface area contributed by atoms with Crippen molar-refractivity contribution >= 4 is 22.6 Å². The summed E-state index contributed by atoms with van der Waals surface area (Å²) < 4.78 is 6.86. The SMILES string of the molecule is ICCCCCNCCC1CCCO1. The third-order valence-corrected chi connectivity index (χ3v) is 3.42. The molecule has 1 fully saturated rings. The van der Waals surface area contributed by atoms with Crippen LogP contribution < -0.4 is 5.32 Å². The predicted octanol–water partition coefficient (Wildman–Crippen LogP) is 2.75.